The Kier molecular flexibility index (Phi) is 4.75. The van der Waals surface area contributed by atoms with Gasteiger partial charge >= 0.3 is 0 Å². The molecule has 0 aliphatic heterocycles. The zero-order valence-corrected chi connectivity index (χ0v) is 14.8. The van der Waals surface area contributed by atoms with Crippen LogP contribution >= 0.6 is 0 Å². The molecule has 0 aliphatic rings. The molecule has 0 saturated carbocycles. The summed E-state index contributed by atoms with van der Waals surface area (Å²) in [6.45, 7) is 4.44. The van der Waals surface area contributed by atoms with Crippen molar-refractivity contribution in [1.82, 2.24) is 0 Å². The fourth-order valence-electron chi connectivity index (χ4n) is 2.99. The molecule has 0 bridgehead atoms. The molecular formula is C22H24O2. The highest BCUT2D eigenvalue weighted by Gasteiger charge is 2.07. The SMILES string of the molecule is COc1cc2ccc(Cc3ccc(C(C)C)cc3)cc2cc1OC. The molecule has 2 nitrogen and oxygen atoms in total. The Morgan fingerprint density at radius 2 is 1.29 bits per heavy atom. The molecule has 0 aromatic heterocycles. The number of hydrogen-bond donors (Lipinski definition) is 0. The molecule has 0 amide bonds. The quantitative estimate of drug-likeness (QED) is 0.612. The minimum Gasteiger partial charge on any atom is -0.493 e. The average Bonchev–Trinajstić information content (AvgIpc) is 2.60. The van der Waals surface area contributed by atoms with Gasteiger partial charge in [0.05, 0.1) is 14.2 Å². The van der Waals surface area contributed by atoms with Crippen LogP contribution in [0.1, 0.15) is 36.5 Å². The van der Waals surface area contributed by atoms with Crippen molar-refractivity contribution in [2.75, 3.05) is 14.2 Å². The standard InChI is InChI=1S/C22H24O2/c1-15(2)18-8-5-16(6-9-18)11-17-7-10-19-13-21(23-3)22(24-4)14-20(19)12-17/h5-10,12-15H,11H2,1-4H3. The lowest BCUT2D eigenvalue weighted by Gasteiger charge is -2.11. The first-order chi connectivity index (χ1) is 11.6. The number of ether oxygens (including phenoxy) is 2. The van der Waals surface area contributed by atoms with Crippen molar-refractivity contribution in [3.63, 3.8) is 0 Å². The lowest BCUT2D eigenvalue weighted by Crippen LogP contribution is -1.93. The van der Waals surface area contributed by atoms with Crippen molar-refractivity contribution in [3.8, 4) is 11.5 Å². The van der Waals surface area contributed by atoms with Crippen LogP contribution in [0.15, 0.2) is 54.6 Å². The Morgan fingerprint density at radius 1 is 0.708 bits per heavy atom. The maximum Gasteiger partial charge on any atom is 0.161 e. The first-order valence-corrected chi connectivity index (χ1v) is 8.34. The summed E-state index contributed by atoms with van der Waals surface area (Å²) in [4.78, 5) is 0. The summed E-state index contributed by atoms with van der Waals surface area (Å²) in [6, 6.07) is 19.6. The van der Waals surface area contributed by atoms with Gasteiger partial charge in [0.1, 0.15) is 0 Å². The highest BCUT2D eigenvalue weighted by molar-refractivity contribution is 5.86. The second-order valence-electron chi connectivity index (χ2n) is 6.46. The van der Waals surface area contributed by atoms with Crippen molar-refractivity contribution in [2.45, 2.75) is 26.2 Å². The smallest absolute Gasteiger partial charge is 0.161 e. The summed E-state index contributed by atoms with van der Waals surface area (Å²) >= 11 is 0. The molecule has 0 heterocycles. The molecule has 0 saturated heterocycles. The fraction of sp³-hybridized carbons (Fsp3) is 0.273. The second-order valence-corrected chi connectivity index (χ2v) is 6.46. The Bertz CT molecular complexity index is 832. The maximum atomic E-state index is 5.41. The third kappa shape index (κ3) is 3.38. The fourth-order valence-corrected chi connectivity index (χ4v) is 2.99. The Hall–Kier alpha value is -2.48. The van der Waals surface area contributed by atoms with Gasteiger partial charge < -0.3 is 9.47 Å². The third-order valence-electron chi connectivity index (χ3n) is 4.46. The van der Waals surface area contributed by atoms with E-state index in [1.54, 1.807) is 14.2 Å². The third-order valence-corrected chi connectivity index (χ3v) is 4.46. The molecule has 3 aromatic carbocycles. The van der Waals surface area contributed by atoms with Crippen molar-refractivity contribution in [1.29, 1.82) is 0 Å². The van der Waals surface area contributed by atoms with Crippen LogP contribution in [-0.4, -0.2) is 14.2 Å². The number of benzene rings is 3. The summed E-state index contributed by atoms with van der Waals surface area (Å²) < 4.78 is 10.8. The zero-order valence-electron chi connectivity index (χ0n) is 14.8. The van der Waals surface area contributed by atoms with E-state index in [1.807, 2.05) is 12.1 Å². The molecule has 24 heavy (non-hydrogen) atoms. The van der Waals surface area contributed by atoms with E-state index in [4.69, 9.17) is 9.47 Å². The van der Waals surface area contributed by atoms with E-state index < -0.39 is 0 Å². The van der Waals surface area contributed by atoms with Crippen LogP contribution in [0.4, 0.5) is 0 Å². The van der Waals surface area contributed by atoms with Crippen molar-refractivity contribution < 1.29 is 9.47 Å². The van der Waals surface area contributed by atoms with E-state index in [1.165, 1.54) is 22.1 Å². The molecule has 0 spiro atoms. The number of methoxy groups -OCH3 is 2. The number of fused-ring (bicyclic) bond motifs is 1. The summed E-state index contributed by atoms with van der Waals surface area (Å²) in [5, 5.41) is 2.33. The van der Waals surface area contributed by atoms with Gasteiger partial charge in [-0.15, -0.1) is 0 Å². The summed E-state index contributed by atoms with van der Waals surface area (Å²) in [5.74, 6) is 2.10. The largest absolute Gasteiger partial charge is 0.493 e. The van der Waals surface area contributed by atoms with Gasteiger partial charge in [-0.3, -0.25) is 0 Å². The van der Waals surface area contributed by atoms with Gasteiger partial charge in [-0.05, 0) is 51.9 Å². The first kappa shape index (κ1) is 16.4. The Morgan fingerprint density at radius 3 is 1.88 bits per heavy atom. The van der Waals surface area contributed by atoms with Crippen LogP contribution in [0.5, 0.6) is 11.5 Å². The van der Waals surface area contributed by atoms with Gasteiger partial charge in [-0.1, -0.05) is 56.3 Å². The van der Waals surface area contributed by atoms with Gasteiger partial charge in [0.2, 0.25) is 0 Å². The van der Waals surface area contributed by atoms with Crippen molar-refractivity contribution in [3.05, 3.63) is 71.3 Å². The highest BCUT2D eigenvalue weighted by atomic mass is 16.5. The molecule has 0 fully saturated rings. The van der Waals surface area contributed by atoms with E-state index >= 15 is 0 Å². The molecule has 0 unspecified atom stereocenters. The molecule has 0 atom stereocenters. The lowest BCUT2D eigenvalue weighted by molar-refractivity contribution is 0.356. The van der Waals surface area contributed by atoms with E-state index in [0.717, 1.165) is 23.3 Å². The molecule has 0 N–H and O–H groups in total. The second kappa shape index (κ2) is 6.96. The molecule has 2 heteroatoms. The van der Waals surface area contributed by atoms with Crippen LogP contribution in [0.2, 0.25) is 0 Å². The molecule has 3 rings (SSSR count). The monoisotopic (exact) mass is 320 g/mol. The summed E-state index contributed by atoms with van der Waals surface area (Å²) in [5.41, 5.74) is 4.01. The topological polar surface area (TPSA) is 18.5 Å². The molecule has 3 aromatic rings. The Balaban J connectivity index is 1.89. The molecule has 0 radical (unpaired) electrons. The summed E-state index contributed by atoms with van der Waals surface area (Å²) in [7, 11) is 3.34. The van der Waals surface area contributed by atoms with Gasteiger partial charge in [-0.25, -0.2) is 0 Å². The van der Waals surface area contributed by atoms with E-state index in [-0.39, 0.29) is 0 Å². The van der Waals surface area contributed by atoms with Crippen LogP contribution < -0.4 is 9.47 Å². The van der Waals surface area contributed by atoms with Gasteiger partial charge in [-0.2, -0.15) is 0 Å². The lowest BCUT2D eigenvalue weighted by atomic mass is 9.97. The zero-order chi connectivity index (χ0) is 17.1. The van der Waals surface area contributed by atoms with E-state index in [9.17, 15) is 0 Å². The van der Waals surface area contributed by atoms with Crippen LogP contribution in [0.25, 0.3) is 10.8 Å². The van der Waals surface area contributed by atoms with Crippen LogP contribution in [0, 0.1) is 0 Å². The Labute approximate surface area is 144 Å². The van der Waals surface area contributed by atoms with E-state index in [2.05, 4.69) is 56.3 Å². The van der Waals surface area contributed by atoms with Crippen molar-refractivity contribution in [2.24, 2.45) is 0 Å². The normalized spacial score (nSPS) is 11.0. The molecule has 0 aliphatic carbocycles. The van der Waals surface area contributed by atoms with Gasteiger partial charge in [0.15, 0.2) is 11.5 Å². The first-order valence-electron chi connectivity index (χ1n) is 8.34. The average molecular weight is 320 g/mol. The van der Waals surface area contributed by atoms with E-state index in [0.29, 0.717) is 5.92 Å². The predicted octanol–water partition coefficient (Wildman–Crippen LogP) is 5.57. The predicted molar refractivity (Wildman–Crippen MR) is 100 cm³/mol. The summed E-state index contributed by atoms with van der Waals surface area (Å²) in [6.07, 6.45) is 0.933. The maximum absolute atomic E-state index is 5.41. The molecular weight excluding hydrogens is 296 g/mol. The molecule has 124 valence electrons. The van der Waals surface area contributed by atoms with Gasteiger partial charge in [0, 0.05) is 0 Å². The van der Waals surface area contributed by atoms with Crippen LogP contribution in [-0.2, 0) is 6.42 Å². The number of hydrogen-bond acceptors (Lipinski definition) is 2. The minimum absolute atomic E-state index is 0.571. The minimum atomic E-state index is 0.571. The van der Waals surface area contributed by atoms with Crippen LogP contribution in [0.3, 0.4) is 0 Å². The van der Waals surface area contributed by atoms with Gasteiger partial charge in [0.25, 0.3) is 0 Å². The van der Waals surface area contributed by atoms with Crippen molar-refractivity contribution >= 4 is 10.8 Å². The highest BCUT2D eigenvalue weighted by Crippen LogP contribution is 2.32. The number of rotatable bonds is 5.